The maximum absolute atomic E-state index is 12.6. The fraction of sp³-hybridized carbons (Fsp3) is 0.367. The Morgan fingerprint density at radius 2 is 1.39 bits per heavy atom. The summed E-state index contributed by atoms with van der Waals surface area (Å²) in [7, 11) is -3.48. The molecule has 0 unspecified atom stereocenters. The molecule has 1 aliphatic heterocycles. The van der Waals surface area contributed by atoms with Gasteiger partial charge in [0.2, 0.25) is 10.0 Å². The van der Waals surface area contributed by atoms with Crippen LogP contribution in [0, 0.1) is 0 Å². The number of nitrogens with zero attached hydrogens (tertiary/aromatic N) is 1. The Labute approximate surface area is 238 Å². The van der Waals surface area contributed by atoms with Crippen LogP contribution in [0.25, 0.3) is 11.1 Å². The number of carboxylic acids is 1. The van der Waals surface area contributed by atoms with Crippen molar-refractivity contribution in [1.82, 2.24) is 14.9 Å². The first-order valence-electron chi connectivity index (χ1n) is 13.5. The van der Waals surface area contributed by atoms with E-state index in [2.05, 4.69) is 63.5 Å². The van der Waals surface area contributed by atoms with Crippen molar-refractivity contribution in [2.75, 3.05) is 26.2 Å². The number of carbonyl (C=O) groups is 1. The van der Waals surface area contributed by atoms with Crippen molar-refractivity contribution >= 4 is 16.0 Å². The van der Waals surface area contributed by atoms with Crippen molar-refractivity contribution in [2.24, 2.45) is 0 Å². The third kappa shape index (κ3) is 8.87. The van der Waals surface area contributed by atoms with E-state index >= 15 is 0 Å². The van der Waals surface area contributed by atoms with Crippen molar-refractivity contribution < 1.29 is 31.5 Å². The monoisotopic (exact) mass is 589 g/mol. The highest BCUT2D eigenvalue weighted by atomic mass is 32.2. The second-order valence-corrected chi connectivity index (χ2v) is 12.0. The lowest BCUT2D eigenvalue weighted by Crippen LogP contribution is -2.33. The maximum atomic E-state index is 12.6. The third-order valence-electron chi connectivity index (χ3n) is 7.26. The van der Waals surface area contributed by atoms with Gasteiger partial charge in [0, 0.05) is 25.7 Å². The first-order valence-corrected chi connectivity index (χ1v) is 15.0. The smallest absolute Gasteiger partial charge is 0.475 e. The molecule has 0 aromatic heterocycles. The van der Waals surface area contributed by atoms with Crippen molar-refractivity contribution in [3.8, 4) is 11.1 Å². The predicted molar refractivity (Wildman–Crippen MR) is 151 cm³/mol. The number of rotatable bonds is 9. The van der Waals surface area contributed by atoms with Crippen molar-refractivity contribution in [3.05, 3.63) is 89.5 Å². The number of fused-ring (bicyclic) bond motifs is 1. The number of halogens is 3. The predicted octanol–water partition coefficient (Wildman–Crippen LogP) is 4.62. The highest BCUT2D eigenvalue weighted by Gasteiger charge is 2.38. The van der Waals surface area contributed by atoms with E-state index < -0.39 is 22.2 Å². The van der Waals surface area contributed by atoms with Gasteiger partial charge in [-0.25, -0.2) is 17.9 Å². The van der Waals surface area contributed by atoms with Crippen LogP contribution in [0.3, 0.4) is 0 Å². The second kappa shape index (κ2) is 13.6. The van der Waals surface area contributed by atoms with Gasteiger partial charge < -0.3 is 15.3 Å². The zero-order valence-electron chi connectivity index (χ0n) is 22.5. The normalized spacial score (nSPS) is 15.8. The maximum Gasteiger partial charge on any atom is 0.490 e. The first-order chi connectivity index (χ1) is 19.5. The number of alkyl halides is 3. The van der Waals surface area contributed by atoms with Crippen LogP contribution in [0.15, 0.2) is 77.7 Å². The molecular weight excluding hydrogens is 555 g/mol. The van der Waals surface area contributed by atoms with Gasteiger partial charge in [0.05, 0.1) is 4.90 Å². The topological polar surface area (TPSA) is 98.7 Å². The van der Waals surface area contributed by atoms with Crippen molar-refractivity contribution in [1.29, 1.82) is 0 Å². The molecule has 2 aliphatic rings. The highest BCUT2D eigenvalue weighted by Crippen LogP contribution is 2.24. The summed E-state index contributed by atoms with van der Waals surface area (Å²) in [6, 6.07) is 24.9. The molecule has 3 N–H and O–H groups in total. The quantitative estimate of drug-likeness (QED) is 0.337. The lowest BCUT2D eigenvalue weighted by atomic mass is 10.0. The Hall–Kier alpha value is -3.25. The number of benzene rings is 3. The number of hydrogen-bond acceptors (Lipinski definition) is 5. The van der Waals surface area contributed by atoms with Gasteiger partial charge >= 0.3 is 12.1 Å². The van der Waals surface area contributed by atoms with Gasteiger partial charge in [-0.3, -0.25) is 0 Å². The molecule has 0 atom stereocenters. The average molecular weight is 590 g/mol. The Balaban J connectivity index is 0.000000493. The summed E-state index contributed by atoms with van der Waals surface area (Å²) in [6.45, 7) is 4.21. The van der Waals surface area contributed by atoms with Crippen LogP contribution < -0.4 is 10.0 Å². The minimum Gasteiger partial charge on any atom is -0.475 e. The Morgan fingerprint density at radius 1 is 0.878 bits per heavy atom. The van der Waals surface area contributed by atoms with Crippen molar-refractivity contribution in [2.45, 2.75) is 49.3 Å². The lowest BCUT2D eigenvalue weighted by Gasteiger charge is -2.15. The molecule has 3 aromatic carbocycles. The molecule has 3 aromatic rings. The van der Waals surface area contributed by atoms with E-state index in [1.54, 1.807) is 12.1 Å². The molecule has 5 rings (SSSR count). The van der Waals surface area contributed by atoms with E-state index in [1.807, 2.05) is 12.1 Å². The molecule has 1 heterocycles. The molecule has 0 amide bonds. The largest absolute Gasteiger partial charge is 0.490 e. The summed E-state index contributed by atoms with van der Waals surface area (Å²) in [5, 5.41) is 10.8. The molecule has 0 spiro atoms. The number of carboxylic acid groups (broad SMARTS) is 1. The summed E-state index contributed by atoms with van der Waals surface area (Å²) in [6.07, 6.45) is -0.477. The second-order valence-electron chi connectivity index (χ2n) is 10.2. The van der Waals surface area contributed by atoms with Crippen LogP contribution in [0.4, 0.5) is 13.2 Å². The summed E-state index contributed by atoms with van der Waals surface area (Å²) in [4.78, 5) is 11.5. The molecule has 0 bridgehead atoms. The molecule has 1 fully saturated rings. The van der Waals surface area contributed by atoms with Gasteiger partial charge in [0.1, 0.15) is 0 Å². The SMILES string of the molecule is O=C(O)C(F)(F)F.O=S(=O)(NCCN1CCCC1)c1ccc(-c2ccc(CNC3Cc4ccccc4C3)cc2)cc1. The highest BCUT2D eigenvalue weighted by molar-refractivity contribution is 7.89. The minimum absolute atomic E-state index is 0.316. The summed E-state index contributed by atoms with van der Waals surface area (Å²) >= 11 is 0. The van der Waals surface area contributed by atoms with Gasteiger partial charge in [0.15, 0.2) is 0 Å². The molecule has 7 nitrogen and oxygen atoms in total. The molecule has 0 radical (unpaired) electrons. The van der Waals surface area contributed by atoms with Gasteiger partial charge in [-0.15, -0.1) is 0 Å². The molecule has 0 saturated carbocycles. The standard InChI is InChI=1S/C28H33N3O2S.C2HF3O2/c32-34(33,30-15-18-31-16-3-4-17-31)28-13-11-24(12-14-28)23-9-7-22(8-10-23)21-29-27-19-25-5-1-2-6-26(25)20-27;3-2(4,5)1(6)7/h1-2,5-14,27,29-30H,3-4,15-21H2;(H,6,7). The van der Waals surface area contributed by atoms with E-state index in [9.17, 15) is 21.6 Å². The van der Waals surface area contributed by atoms with Gasteiger partial charge in [-0.05, 0) is 78.7 Å². The molecular formula is C30H34F3N3O4S. The molecule has 1 aliphatic carbocycles. The molecule has 11 heteroatoms. The third-order valence-corrected chi connectivity index (χ3v) is 8.74. The zero-order chi connectivity index (χ0) is 29.5. The van der Waals surface area contributed by atoms with E-state index in [4.69, 9.17) is 9.90 Å². The van der Waals surface area contributed by atoms with Crippen LogP contribution in [0.5, 0.6) is 0 Å². The summed E-state index contributed by atoms with van der Waals surface area (Å²) in [5.74, 6) is -2.76. The van der Waals surface area contributed by atoms with E-state index in [0.29, 0.717) is 17.5 Å². The minimum atomic E-state index is -5.08. The number of hydrogen-bond donors (Lipinski definition) is 3. The van der Waals surface area contributed by atoms with E-state index in [-0.39, 0.29) is 0 Å². The number of likely N-dealkylation sites (tertiary alicyclic amines) is 1. The lowest BCUT2D eigenvalue weighted by molar-refractivity contribution is -0.192. The first kappa shape index (κ1) is 30.7. The number of aliphatic carboxylic acids is 1. The van der Waals surface area contributed by atoms with Crippen LogP contribution in [0.2, 0.25) is 0 Å². The van der Waals surface area contributed by atoms with Gasteiger partial charge in [-0.1, -0.05) is 60.7 Å². The molecule has 220 valence electrons. The van der Waals surface area contributed by atoms with Crippen LogP contribution in [-0.4, -0.2) is 62.8 Å². The Kier molecular flexibility index (Phi) is 10.2. The fourth-order valence-electron chi connectivity index (χ4n) is 5.03. The Morgan fingerprint density at radius 3 is 1.90 bits per heavy atom. The number of nitrogens with one attached hydrogen (secondary N) is 2. The average Bonchev–Trinajstić information content (AvgIpc) is 3.62. The van der Waals surface area contributed by atoms with Crippen LogP contribution in [-0.2, 0) is 34.2 Å². The Bertz CT molecular complexity index is 1380. The van der Waals surface area contributed by atoms with Crippen LogP contribution >= 0.6 is 0 Å². The molecule has 1 saturated heterocycles. The number of sulfonamides is 1. The van der Waals surface area contributed by atoms with Crippen LogP contribution in [0.1, 0.15) is 29.5 Å². The fourth-order valence-corrected chi connectivity index (χ4v) is 6.06. The summed E-state index contributed by atoms with van der Waals surface area (Å²) in [5.41, 5.74) is 6.27. The van der Waals surface area contributed by atoms with E-state index in [1.165, 1.54) is 29.5 Å². The van der Waals surface area contributed by atoms with Gasteiger partial charge in [0.25, 0.3) is 0 Å². The van der Waals surface area contributed by atoms with Gasteiger partial charge in [-0.2, -0.15) is 13.2 Å². The molecule has 41 heavy (non-hydrogen) atoms. The zero-order valence-corrected chi connectivity index (χ0v) is 23.3. The van der Waals surface area contributed by atoms with E-state index in [0.717, 1.165) is 50.1 Å². The van der Waals surface area contributed by atoms with Crippen molar-refractivity contribution in [3.63, 3.8) is 0 Å². The summed E-state index contributed by atoms with van der Waals surface area (Å²) < 4.78 is 59.7.